The second-order valence-electron chi connectivity index (χ2n) is 5.48. The molecule has 0 atom stereocenters. The lowest BCUT2D eigenvalue weighted by atomic mass is 10.2. The van der Waals surface area contributed by atoms with Crippen molar-refractivity contribution in [3.8, 4) is 22.9 Å². The second-order valence-corrected chi connectivity index (χ2v) is 5.48. The van der Waals surface area contributed by atoms with Crippen LogP contribution in [0.3, 0.4) is 0 Å². The average molecular weight is 364 g/mol. The minimum absolute atomic E-state index is 0.0420. The number of hydrogen-bond acceptors (Lipinski definition) is 7. The number of nitrogens with two attached hydrogens (primary N) is 1. The highest BCUT2D eigenvalue weighted by Crippen LogP contribution is 2.26. The summed E-state index contributed by atoms with van der Waals surface area (Å²) in [5.41, 5.74) is 7.04. The lowest BCUT2D eigenvalue weighted by Gasteiger charge is -2.05. The Bertz CT molecular complexity index is 987. The molecule has 2 aromatic carbocycles. The summed E-state index contributed by atoms with van der Waals surface area (Å²) in [5, 5.41) is 18.6. The van der Waals surface area contributed by atoms with Crippen LogP contribution in [0.4, 0.5) is 5.95 Å². The fourth-order valence-electron chi connectivity index (χ4n) is 2.26. The van der Waals surface area contributed by atoms with Crippen LogP contribution in [0, 0.1) is 0 Å². The first-order chi connectivity index (χ1) is 13.0. The van der Waals surface area contributed by atoms with E-state index in [1.54, 1.807) is 60.7 Å². The molecule has 3 aromatic rings. The van der Waals surface area contributed by atoms with Gasteiger partial charge in [0.25, 0.3) is 0 Å². The maximum Gasteiger partial charge on any atom is 0.341 e. The van der Waals surface area contributed by atoms with Gasteiger partial charge in [-0.3, -0.25) is 0 Å². The maximum atomic E-state index is 10.5. The van der Waals surface area contributed by atoms with E-state index in [1.165, 1.54) is 0 Å². The molecule has 0 amide bonds. The number of para-hydroxylation sites is 1. The summed E-state index contributed by atoms with van der Waals surface area (Å²) in [4.78, 5) is 22.9. The van der Waals surface area contributed by atoms with Crippen LogP contribution in [0.25, 0.3) is 23.5 Å². The zero-order valence-electron chi connectivity index (χ0n) is 14.1. The molecule has 0 aliphatic carbocycles. The quantitative estimate of drug-likeness (QED) is 0.608. The summed E-state index contributed by atoms with van der Waals surface area (Å²) in [6, 6.07) is 13.6. The molecule has 0 saturated heterocycles. The number of nitrogens with zero attached hydrogens (tertiary/aromatic N) is 3. The average Bonchev–Trinajstić information content (AvgIpc) is 2.65. The Morgan fingerprint density at radius 1 is 1.04 bits per heavy atom. The fraction of sp³-hybridized carbons (Fsp3) is 0.0526. The minimum Gasteiger partial charge on any atom is -0.507 e. The van der Waals surface area contributed by atoms with Crippen LogP contribution in [0.1, 0.15) is 11.4 Å². The highest BCUT2D eigenvalue weighted by atomic mass is 16.5. The normalized spacial score (nSPS) is 10.8. The summed E-state index contributed by atoms with van der Waals surface area (Å²) in [5.74, 6) is 0.132. The van der Waals surface area contributed by atoms with E-state index < -0.39 is 12.6 Å². The van der Waals surface area contributed by atoms with Gasteiger partial charge >= 0.3 is 5.97 Å². The van der Waals surface area contributed by atoms with E-state index >= 15 is 0 Å². The van der Waals surface area contributed by atoms with E-state index in [2.05, 4.69) is 15.0 Å². The Labute approximate surface area is 154 Å². The number of aromatic hydroxyl groups is 1. The molecule has 3 rings (SSSR count). The number of aliphatic carboxylic acids is 1. The SMILES string of the molecule is Nc1nc(C=Cc2ccc(OCC(=O)O)cc2)nc(-c2ccccc2O)n1. The molecule has 27 heavy (non-hydrogen) atoms. The lowest BCUT2D eigenvalue weighted by molar-refractivity contribution is -0.139. The van der Waals surface area contributed by atoms with Crippen molar-refractivity contribution in [2.75, 3.05) is 12.3 Å². The highest BCUT2D eigenvalue weighted by molar-refractivity contribution is 5.70. The summed E-state index contributed by atoms with van der Waals surface area (Å²) in [6.45, 7) is -0.394. The molecule has 1 aromatic heterocycles. The van der Waals surface area contributed by atoms with Crippen molar-refractivity contribution >= 4 is 24.1 Å². The molecule has 136 valence electrons. The Kier molecular flexibility index (Phi) is 5.27. The van der Waals surface area contributed by atoms with Gasteiger partial charge in [-0.05, 0) is 35.9 Å². The third-order valence-corrected chi connectivity index (χ3v) is 3.48. The van der Waals surface area contributed by atoms with Gasteiger partial charge in [0.05, 0.1) is 5.56 Å². The fourth-order valence-corrected chi connectivity index (χ4v) is 2.26. The van der Waals surface area contributed by atoms with Crippen molar-refractivity contribution < 1.29 is 19.7 Å². The lowest BCUT2D eigenvalue weighted by Crippen LogP contribution is -2.09. The number of anilines is 1. The number of phenolic OH excluding ortho intramolecular Hbond substituents is 1. The first-order valence-corrected chi connectivity index (χ1v) is 7.94. The van der Waals surface area contributed by atoms with E-state index in [-0.39, 0.29) is 17.5 Å². The molecule has 0 aliphatic heterocycles. The first kappa shape index (κ1) is 17.9. The summed E-state index contributed by atoms with van der Waals surface area (Å²) >= 11 is 0. The molecule has 0 spiro atoms. The maximum absolute atomic E-state index is 10.5. The van der Waals surface area contributed by atoms with E-state index in [0.29, 0.717) is 17.1 Å². The van der Waals surface area contributed by atoms with Crippen molar-refractivity contribution in [2.24, 2.45) is 0 Å². The zero-order valence-corrected chi connectivity index (χ0v) is 14.1. The zero-order chi connectivity index (χ0) is 19.2. The Balaban J connectivity index is 1.79. The predicted octanol–water partition coefficient (Wildman–Crippen LogP) is 2.46. The Morgan fingerprint density at radius 3 is 2.48 bits per heavy atom. The number of carbonyl (C=O) groups is 1. The molecule has 0 bridgehead atoms. The highest BCUT2D eigenvalue weighted by Gasteiger charge is 2.09. The van der Waals surface area contributed by atoms with Crippen LogP contribution in [0.5, 0.6) is 11.5 Å². The van der Waals surface area contributed by atoms with Gasteiger partial charge in [-0.1, -0.05) is 30.3 Å². The molecule has 0 unspecified atom stereocenters. The van der Waals surface area contributed by atoms with Crippen molar-refractivity contribution in [1.82, 2.24) is 15.0 Å². The molecule has 0 fully saturated rings. The molecule has 0 aliphatic rings. The summed E-state index contributed by atoms with van der Waals surface area (Å²) in [7, 11) is 0. The van der Waals surface area contributed by atoms with E-state index in [9.17, 15) is 9.90 Å². The molecule has 8 heteroatoms. The number of ether oxygens (including phenoxy) is 1. The number of phenols is 1. The van der Waals surface area contributed by atoms with Gasteiger partial charge in [-0.15, -0.1) is 0 Å². The van der Waals surface area contributed by atoms with Crippen molar-refractivity contribution in [1.29, 1.82) is 0 Å². The van der Waals surface area contributed by atoms with Crippen LogP contribution < -0.4 is 10.5 Å². The van der Waals surface area contributed by atoms with Crippen LogP contribution in [-0.2, 0) is 4.79 Å². The molecule has 0 radical (unpaired) electrons. The van der Waals surface area contributed by atoms with Gasteiger partial charge < -0.3 is 20.7 Å². The predicted molar refractivity (Wildman–Crippen MR) is 99.8 cm³/mol. The minimum atomic E-state index is -1.04. The van der Waals surface area contributed by atoms with E-state index in [4.69, 9.17) is 15.6 Å². The standard InChI is InChI=1S/C19H16N4O4/c20-19-22-16(21-18(23-19)14-3-1-2-4-15(14)24)10-7-12-5-8-13(9-6-12)27-11-17(25)26/h1-10,24H,11H2,(H,25,26)(H2,20,21,22,23). The molecule has 0 saturated carbocycles. The van der Waals surface area contributed by atoms with Gasteiger partial charge in [0, 0.05) is 0 Å². The third-order valence-electron chi connectivity index (χ3n) is 3.48. The van der Waals surface area contributed by atoms with Gasteiger partial charge in [-0.2, -0.15) is 9.97 Å². The van der Waals surface area contributed by atoms with Crippen LogP contribution in [-0.4, -0.2) is 37.7 Å². The number of rotatable bonds is 6. The summed E-state index contributed by atoms with van der Waals surface area (Å²) in [6.07, 6.45) is 3.43. The molecule has 1 heterocycles. The smallest absolute Gasteiger partial charge is 0.341 e. The number of carboxylic acid groups (broad SMARTS) is 1. The number of benzene rings is 2. The van der Waals surface area contributed by atoms with Gasteiger partial charge in [0.15, 0.2) is 18.3 Å². The number of nitrogen functional groups attached to an aromatic ring is 1. The van der Waals surface area contributed by atoms with Crippen LogP contribution in [0.2, 0.25) is 0 Å². The van der Waals surface area contributed by atoms with Crippen LogP contribution >= 0.6 is 0 Å². The monoisotopic (exact) mass is 364 g/mol. The van der Waals surface area contributed by atoms with Crippen molar-refractivity contribution in [3.05, 3.63) is 59.9 Å². The van der Waals surface area contributed by atoms with E-state index in [0.717, 1.165) is 5.56 Å². The molecular formula is C19H16N4O4. The Hall–Kier alpha value is -3.94. The largest absolute Gasteiger partial charge is 0.507 e. The molecule has 4 N–H and O–H groups in total. The van der Waals surface area contributed by atoms with Gasteiger partial charge in [0.1, 0.15) is 11.5 Å². The van der Waals surface area contributed by atoms with Crippen molar-refractivity contribution in [2.45, 2.75) is 0 Å². The van der Waals surface area contributed by atoms with Gasteiger partial charge in [0.2, 0.25) is 5.95 Å². The van der Waals surface area contributed by atoms with Gasteiger partial charge in [-0.25, -0.2) is 9.78 Å². The van der Waals surface area contributed by atoms with E-state index in [1.807, 2.05) is 0 Å². The molecule has 8 nitrogen and oxygen atoms in total. The first-order valence-electron chi connectivity index (χ1n) is 7.94. The summed E-state index contributed by atoms with van der Waals surface area (Å²) < 4.78 is 5.08. The third kappa shape index (κ3) is 4.79. The Morgan fingerprint density at radius 2 is 1.78 bits per heavy atom. The molecular weight excluding hydrogens is 348 g/mol. The second kappa shape index (κ2) is 7.96. The number of hydrogen-bond donors (Lipinski definition) is 3. The topological polar surface area (TPSA) is 131 Å². The number of aromatic nitrogens is 3. The van der Waals surface area contributed by atoms with Crippen LogP contribution in [0.15, 0.2) is 48.5 Å². The number of carboxylic acids is 1. The van der Waals surface area contributed by atoms with Crippen molar-refractivity contribution in [3.63, 3.8) is 0 Å².